The van der Waals surface area contributed by atoms with Gasteiger partial charge in [0.25, 0.3) is 10.0 Å². The highest BCUT2D eigenvalue weighted by atomic mass is 32.2. The summed E-state index contributed by atoms with van der Waals surface area (Å²) in [7, 11) is -2.99. The molecule has 3 atom stereocenters. The van der Waals surface area contributed by atoms with Gasteiger partial charge in [0.05, 0.1) is 7.11 Å². The Labute approximate surface area is 139 Å². The third kappa shape index (κ3) is 2.71. The van der Waals surface area contributed by atoms with E-state index in [0.29, 0.717) is 12.8 Å². The molecule has 2 heterocycles. The molecule has 1 aromatic heterocycles. The highest BCUT2D eigenvalue weighted by Crippen LogP contribution is 2.42. The Morgan fingerprint density at radius 1 is 1.29 bits per heavy atom. The maximum absolute atomic E-state index is 12.9. The SMILES string of the molecule is COC(=O)c1ccc(S(=O)(=O)N2C(C(=O)O)CC3CCCCC32)o1. The van der Waals surface area contributed by atoms with E-state index >= 15 is 0 Å². The predicted molar refractivity (Wildman–Crippen MR) is 80.9 cm³/mol. The van der Waals surface area contributed by atoms with Crippen LogP contribution in [0.25, 0.3) is 0 Å². The van der Waals surface area contributed by atoms with E-state index in [0.717, 1.165) is 36.7 Å². The highest BCUT2D eigenvalue weighted by molar-refractivity contribution is 7.89. The van der Waals surface area contributed by atoms with Gasteiger partial charge in [-0.3, -0.25) is 4.79 Å². The molecule has 1 saturated carbocycles. The van der Waals surface area contributed by atoms with E-state index in [1.165, 1.54) is 6.07 Å². The average molecular weight is 357 g/mol. The Kier molecular flexibility index (Phi) is 4.39. The zero-order valence-corrected chi connectivity index (χ0v) is 14.0. The van der Waals surface area contributed by atoms with Gasteiger partial charge >= 0.3 is 11.9 Å². The zero-order chi connectivity index (χ0) is 17.5. The molecule has 24 heavy (non-hydrogen) atoms. The van der Waals surface area contributed by atoms with Gasteiger partial charge in [0, 0.05) is 6.04 Å². The van der Waals surface area contributed by atoms with E-state index in [9.17, 15) is 23.1 Å². The van der Waals surface area contributed by atoms with Crippen LogP contribution >= 0.6 is 0 Å². The van der Waals surface area contributed by atoms with Crippen LogP contribution in [-0.2, 0) is 19.6 Å². The maximum atomic E-state index is 12.9. The first-order valence-corrected chi connectivity index (χ1v) is 9.24. The number of hydrogen-bond acceptors (Lipinski definition) is 6. The molecule has 1 aromatic rings. The van der Waals surface area contributed by atoms with Gasteiger partial charge in [-0.25, -0.2) is 13.2 Å². The second-order valence-electron chi connectivity index (χ2n) is 6.15. The van der Waals surface area contributed by atoms with Crippen molar-refractivity contribution in [2.24, 2.45) is 5.92 Å². The summed E-state index contributed by atoms with van der Waals surface area (Å²) >= 11 is 0. The first-order valence-electron chi connectivity index (χ1n) is 7.80. The highest BCUT2D eigenvalue weighted by Gasteiger charge is 2.52. The average Bonchev–Trinajstić information content (AvgIpc) is 3.19. The summed E-state index contributed by atoms with van der Waals surface area (Å²) in [5, 5.41) is 9.03. The number of rotatable bonds is 4. The molecule has 9 heteroatoms. The number of nitrogens with zero attached hydrogens (tertiary/aromatic N) is 1. The lowest BCUT2D eigenvalue weighted by Crippen LogP contribution is -2.45. The van der Waals surface area contributed by atoms with Gasteiger partial charge in [0.1, 0.15) is 6.04 Å². The molecule has 0 radical (unpaired) electrons. The number of carbonyl (C=O) groups excluding carboxylic acids is 1. The Morgan fingerprint density at radius 2 is 2.00 bits per heavy atom. The van der Waals surface area contributed by atoms with Gasteiger partial charge in [-0.05, 0) is 37.3 Å². The summed E-state index contributed by atoms with van der Waals surface area (Å²) in [5.41, 5.74) is 0. The molecule has 1 saturated heterocycles. The summed E-state index contributed by atoms with van der Waals surface area (Å²) in [4.78, 5) is 23.0. The van der Waals surface area contributed by atoms with Crippen molar-refractivity contribution in [3.05, 3.63) is 17.9 Å². The van der Waals surface area contributed by atoms with Crippen molar-refractivity contribution in [1.29, 1.82) is 0 Å². The third-order valence-corrected chi connectivity index (χ3v) is 6.62. The summed E-state index contributed by atoms with van der Waals surface area (Å²) in [6.45, 7) is 0. The minimum atomic E-state index is -4.15. The van der Waals surface area contributed by atoms with E-state index in [4.69, 9.17) is 4.42 Å². The first kappa shape index (κ1) is 17.0. The minimum absolute atomic E-state index is 0.0460. The number of furan rings is 1. The Morgan fingerprint density at radius 3 is 2.67 bits per heavy atom. The van der Waals surface area contributed by atoms with Gasteiger partial charge in [-0.2, -0.15) is 4.31 Å². The number of hydrogen-bond donors (Lipinski definition) is 1. The quantitative estimate of drug-likeness (QED) is 0.812. The van der Waals surface area contributed by atoms with E-state index in [-0.39, 0.29) is 17.7 Å². The Balaban J connectivity index is 1.98. The molecule has 2 aliphatic rings. The second kappa shape index (κ2) is 6.21. The van der Waals surface area contributed by atoms with Crippen molar-refractivity contribution >= 4 is 22.0 Å². The van der Waals surface area contributed by atoms with Crippen LogP contribution in [0.15, 0.2) is 21.6 Å². The van der Waals surface area contributed by atoms with Crippen LogP contribution in [0.1, 0.15) is 42.7 Å². The molecule has 1 aliphatic heterocycles. The Hall–Kier alpha value is -1.87. The fourth-order valence-electron chi connectivity index (χ4n) is 3.75. The summed E-state index contributed by atoms with van der Waals surface area (Å²) in [5.74, 6) is -2.14. The fraction of sp³-hybridized carbons (Fsp3) is 0.600. The largest absolute Gasteiger partial charge is 0.480 e. The number of aliphatic carboxylic acids is 1. The van der Waals surface area contributed by atoms with Crippen LogP contribution in [0.4, 0.5) is 0 Å². The normalized spacial score (nSPS) is 27.6. The van der Waals surface area contributed by atoms with E-state index in [2.05, 4.69) is 4.74 Å². The first-order chi connectivity index (χ1) is 11.4. The lowest BCUT2D eigenvalue weighted by Gasteiger charge is -2.31. The van der Waals surface area contributed by atoms with E-state index < -0.39 is 33.1 Å². The van der Waals surface area contributed by atoms with E-state index in [1.807, 2.05) is 0 Å². The van der Waals surface area contributed by atoms with Gasteiger partial charge in [-0.1, -0.05) is 12.8 Å². The van der Waals surface area contributed by atoms with Crippen molar-refractivity contribution in [3.8, 4) is 0 Å². The van der Waals surface area contributed by atoms with Crippen LogP contribution in [0, 0.1) is 5.92 Å². The minimum Gasteiger partial charge on any atom is -0.480 e. The van der Waals surface area contributed by atoms with Crippen molar-refractivity contribution < 1.29 is 32.3 Å². The number of sulfonamides is 1. The second-order valence-corrected chi connectivity index (χ2v) is 7.92. The number of methoxy groups -OCH3 is 1. The van der Waals surface area contributed by atoms with Crippen LogP contribution in [0.5, 0.6) is 0 Å². The van der Waals surface area contributed by atoms with Crippen LogP contribution in [0.3, 0.4) is 0 Å². The van der Waals surface area contributed by atoms with Crippen molar-refractivity contribution in [2.45, 2.75) is 49.3 Å². The third-order valence-electron chi connectivity index (χ3n) is 4.81. The van der Waals surface area contributed by atoms with Gasteiger partial charge in [0.15, 0.2) is 0 Å². The van der Waals surface area contributed by atoms with Crippen molar-refractivity contribution in [3.63, 3.8) is 0 Å². The molecule has 2 fully saturated rings. The smallest absolute Gasteiger partial charge is 0.374 e. The molecule has 1 aliphatic carbocycles. The summed E-state index contributed by atoms with van der Waals surface area (Å²) in [6.07, 6.45) is 3.62. The molecular formula is C15H19NO7S. The predicted octanol–water partition coefficient (Wildman–Crippen LogP) is 1.47. The maximum Gasteiger partial charge on any atom is 0.374 e. The van der Waals surface area contributed by atoms with E-state index in [1.54, 1.807) is 0 Å². The van der Waals surface area contributed by atoms with Gasteiger partial charge in [-0.15, -0.1) is 0 Å². The monoisotopic (exact) mass is 357 g/mol. The molecule has 3 rings (SSSR count). The molecule has 0 amide bonds. The molecular weight excluding hydrogens is 338 g/mol. The van der Waals surface area contributed by atoms with Crippen LogP contribution < -0.4 is 0 Å². The molecule has 0 spiro atoms. The molecule has 132 valence electrons. The molecule has 1 N–H and O–H groups in total. The van der Waals surface area contributed by atoms with Gasteiger partial charge in [0.2, 0.25) is 10.9 Å². The zero-order valence-electron chi connectivity index (χ0n) is 13.2. The summed E-state index contributed by atoms with van der Waals surface area (Å²) < 4.78 is 36.6. The number of ether oxygens (including phenoxy) is 1. The molecule has 0 aromatic carbocycles. The summed E-state index contributed by atoms with van der Waals surface area (Å²) in [6, 6.07) is 0.936. The van der Waals surface area contributed by atoms with Gasteiger partial charge < -0.3 is 14.3 Å². The van der Waals surface area contributed by atoms with Crippen molar-refractivity contribution in [2.75, 3.05) is 7.11 Å². The van der Waals surface area contributed by atoms with Crippen molar-refractivity contribution in [1.82, 2.24) is 4.31 Å². The lowest BCUT2D eigenvalue weighted by molar-refractivity contribution is -0.141. The van der Waals surface area contributed by atoms with Crippen LogP contribution in [-0.4, -0.2) is 49.0 Å². The topological polar surface area (TPSA) is 114 Å². The molecule has 3 unspecified atom stereocenters. The number of carboxylic acids is 1. The standard InChI is InChI=1S/C15H19NO7S/c1-22-15(19)12-6-7-13(23-12)24(20,21)16-10-5-3-2-4-9(10)8-11(16)14(17)18/h6-7,9-11H,2-5,8H2,1H3,(H,17,18). The fourth-order valence-corrected chi connectivity index (χ4v) is 5.54. The number of esters is 1. The number of fused-ring (bicyclic) bond motifs is 1. The number of carbonyl (C=O) groups is 2. The Bertz CT molecular complexity index is 754. The van der Waals surface area contributed by atoms with Crippen LogP contribution in [0.2, 0.25) is 0 Å². The molecule has 8 nitrogen and oxygen atoms in total. The molecule has 0 bridgehead atoms. The number of carboxylic acid groups (broad SMARTS) is 1. The lowest BCUT2D eigenvalue weighted by atomic mass is 9.85.